The van der Waals surface area contributed by atoms with E-state index in [4.69, 9.17) is 9.47 Å². The Kier molecular flexibility index (Phi) is 4.66. The molecule has 1 aromatic carbocycles. The van der Waals surface area contributed by atoms with Crippen molar-refractivity contribution in [2.24, 2.45) is 0 Å². The molecule has 0 unspecified atom stereocenters. The predicted octanol–water partition coefficient (Wildman–Crippen LogP) is 2.56. The van der Waals surface area contributed by atoms with Gasteiger partial charge in [-0.1, -0.05) is 6.07 Å². The first-order valence-corrected chi connectivity index (χ1v) is 8.28. The SMILES string of the molecule is Cc1ncsc1CNC(=O)N(C)Cc1ccc2c(c1)OCCO2. The number of benzene rings is 1. The van der Waals surface area contributed by atoms with Crippen LogP contribution in [0.2, 0.25) is 0 Å². The number of aromatic nitrogens is 1. The van der Waals surface area contributed by atoms with Crippen molar-refractivity contribution in [3.8, 4) is 11.5 Å². The zero-order valence-electron chi connectivity index (χ0n) is 13.2. The molecule has 1 aliphatic heterocycles. The zero-order valence-corrected chi connectivity index (χ0v) is 14.0. The van der Waals surface area contributed by atoms with Crippen LogP contribution >= 0.6 is 11.3 Å². The summed E-state index contributed by atoms with van der Waals surface area (Å²) < 4.78 is 11.1. The summed E-state index contributed by atoms with van der Waals surface area (Å²) in [6.45, 7) is 4.08. The largest absolute Gasteiger partial charge is 0.486 e. The van der Waals surface area contributed by atoms with Gasteiger partial charge in [-0.05, 0) is 24.6 Å². The lowest BCUT2D eigenvalue weighted by molar-refractivity contribution is 0.171. The van der Waals surface area contributed by atoms with Gasteiger partial charge in [0, 0.05) is 18.5 Å². The van der Waals surface area contributed by atoms with E-state index in [1.165, 1.54) is 0 Å². The number of hydrogen-bond donors (Lipinski definition) is 1. The number of urea groups is 1. The van der Waals surface area contributed by atoms with Gasteiger partial charge in [0.1, 0.15) is 13.2 Å². The Bertz CT molecular complexity index is 702. The molecule has 0 bridgehead atoms. The quantitative estimate of drug-likeness (QED) is 0.934. The summed E-state index contributed by atoms with van der Waals surface area (Å²) in [4.78, 5) is 19.1. The lowest BCUT2D eigenvalue weighted by Crippen LogP contribution is -2.36. The topological polar surface area (TPSA) is 63.7 Å². The third-order valence-corrected chi connectivity index (χ3v) is 4.55. The highest BCUT2D eigenvalue weighted by molar-refractivity contribution is 7.09. The van der Waals surface area contributed by atoms with Crippen LogP contribution in [-0.2, 0) is 13.1 Å². The normalized spacial score (nSPS) is 12.8. The highest BCUT2D eigenvalue weighted by Gasteiger charge is 2.14. The molecule has 2 amide bonds. The summed E-state index contributed by atoms with van der Waals surface area (Å²) in [7, 11) is 1.77. The minimum absolute atomic E-state index is 0.118. The second-order valence-corrected chi connectivity index (χ2v) is 6.29. The molecule has 1 aromatic heterocycles. The molecule has 1 N–H and O–H groups in total. The number of ether oxygens (including phenoxy) is 2. The molecule has 122 valence electrons. The van der Waals surface area contributed by atoms with Gasteiger partial charge in [0.05, 0.1) is 17.7 Å². The maximum Gasteiger partial charge on any atom is 0.317 e. The van der Waals surface area contributed by atoms with Crippen LogP contribution in [0.5, 0.6) is 11.5 Å². The molecule has 6 nitrogen and oxygen atoms in total. The molecular formula is C16H19N3O3S. The molecule has 0 radical (unpaired) electrons. The first-order chi connectivity index (χ1) is 11.1. The molecule has 0 atom stereocenters. The predicted molar refractivity (Wildman–Crippen MR) is 88.0 cm³/mol. The van der Waals surface area contributed by atoms with Crippen molar-refractivity contribution in [2.45, 2.75) is 20.0 Å². The molecular weight excluding hydrogens is 314 g/mol. The van der Waals surface area contributed by atoms with Gasteiger partial charge >= 0.3 is 6.03 Å². The fourth-order valence-corrected chi connectivity index (χ4v) is 3.04. The van der Waals surface area contributed by atoms with Crippen LogP contribution in [0.25, 0.3) is 0 Å². The number of fused-ring (bicyclic) bond motifs is 1. The Morgan fingerprint density at radius 2 is 2.13 bits per heavy atom. The Morgan fingerprint density at radius 1 is 1.35 bits per heavy atom. The highest BCUT2D eigenvalue weighted by Crippen LogP contribution is 2.31. The second kappa shape index (κ2) is 6.87. The minimum atomic E-state index is -0.118. The molecule has 0 spiro atoms. The molecule has 7 heteroatoms. The van der Waals surface area contributed by atoms with E-state index in [1.54, 1.807) is 28.8 Å². The molecule has 2 aromatic rings. The van der Waals surface area contributed by atoms with Crippen molar-refractivity contribution in [2.75, 3.05) is 20.3 Å². The molecule has 1 aliphatic rings. The number of thiazole rings is 1. The first-order valence-electron chi connectivity index (χ1n) is 7.40. The summed E-state index contributed by atoms with van der Waals surface area (Å²) in [6, 6.07) is 5.64. The summed E-state index contributed by atoms with van der Waals surface area (Å²) in [5, 5.41) is 2.91. The van der Waals surface area contributed by atoms with Gasteiger partial charge in [-0.25, -0.2) is 9.78 Å². The minimum Gasteiger partial charge on any atom is -0.486 e. The Hall–Kier alpha value is -2.28. The van der Waals surface area contributed by atoms with E-state index in [0.29, 0.717) is 26.3 Å². The number of hydrogen-bond acceptors (Lipinski definition) is 5. The molecule has 23 heavy (non-hydrogen) atoms. The lowest BCUT2D eigenvalue weighted by Gasteiger charge is -2.21. The van der Waals surface area contributed by atoms with Crippen molar-refractivity contribution < 1.29 is 14.3 Å². The van der Waals surface area contributed by atoms with E-state index in [1.807, 2.05) is 25.1 Å². The third-order valence-electron chi connectivity index (χ3n) is 3.62. The number of aryl methyl sites for hydroxylation is 1. The summed E-state index contributed by atoms with van der Waals surface area (Å²) in [5.41, 5.74) is 3.75. The monoisotopic (exact) mass is 333 g/mol. The van der Waals surface area contributed by atoms with Crippen LogP contribution in [0.1, 0.15) is 16.1 Å². The average molecular weight is 333 g/mol. The number of amides is 2. The highest BCUT2D eigenvalue weighted by atomic mass is 32.1. The van der Waals surface area contributed by atoms with Gasteiger partial charge < -0.3 is 19.7 Å². The molecule has 0 aliphatic carbocycles. The Morgan fingerprint density at radius 3 is 2.87 bits per heavy atom. The second-order valence-electron chi connectivity index (χ2n) is 5.35. The molecule has 2 heterocycles. The van der Waals surface area contributed by atoms with Crippen LogP contribution in [0.3, 0.4) is 0 Å². The zero-order chi connectivity index (χ0) is 16.2. The van der Waals surface area contributed by atoms with Crippen molar-refractivity contribution in [3.63, 3.8) is 0 Å². The van der Waals surface area contributed by atoms with E-state index >= 15 is 0 Å². The maximum atomic E-state index is 12.2. The smallest absolute Gasteiger partial charge is 0.317 e. The van der Waals surface area contributed by atoms with Gasteiger partial charge in [0.25, 0.3) is 0 Å². The number of nitrogens with zero attached hydrogens (tertiary/aromatic N) is 2. The number of rotatable bonds is 4. The fraction of sp³-hybridized carbons (Fsp3) is 0.375. The summed E-state index contributed by atoms with van der Waals surface area (Å²) >= 11 is 1.55. The first kappa shape index (κ1) is 15.6. The van der Waals surface area contributed by atoms with Crippen molar-refractivity contribution in [1.29, 1.82) is 0 Å². The maximum absolute atomic E-state index is 12.2. The van der Waals surface area contributed by atoms with Crippen molar-refractivity contribution in [3.05, 3.63) is 39.8 Å². The van der Waals surface area contributed by atoms with Crippen LogP contribution in [0.15, 0.2) is 23.7 Å². The molecule has 0 fully saturated rings. The number of carbonyl (C=O) groups is 1. The van der Waals surface area contributed by atoms with Gasteiger partial charge in [-0.15, -0.1) is 11.3 Å². The van der Waals surface area contributed by atoms with E-state index in [0.717, 1.165) is 27.6 Å². The average Bonchev–Trinajstić information content (AvgIpc) is 2.97. The standard InChI is InChI=1S/C16H19N3O3S/c1-11-15(23-10-18-11)8-17-16(20)19(2)9-12-3-4-13-14(7-12)22-6-5-21-13/h3-4,7,10H,5-6,8-9H2,1-2H3,(H,17,20). The van der Waals surface area contributed by atoms with Gasteiger partial charge in [-0.2, -0.15) is 0 Å². The van der Waals surface area contributed by atoms with E-state index in [2.05, 4.69) is 10.3 Å². The lowest BCUT2D eigenvalue weighted by atomic mass is 10.2. The molecule has 3 rings (SSSR count). The number of nitrogens with one attached hydrogen (secondary N) is 1. The van der Waals surface area contributed by atoms with E-state index < -0.39 is 0 Å². The van der Waals surface area contributed by atoms with Crippen molar-refractivity contribution >= 4 is 17.4 Å². The summed E-state index contributed by atoms with van der Waals surface area (Å²) in [5.74, 6) is 1.50. The molecule has 0 saturated heterocycles. The Labute approximate surface area is 139 Å². The number of carbonyl (C=O) groups excluding carboxylic acids is 1. The van der Waals surface area contributed by atoms with Crippen LogP contribution < -0.4 is 14.8 Å². The van der Waals surface area contributed by atoms with Crippen LogP contribution in [-0.4, -0.2) is 36.2 Å². The van der Waals surface area contributed by atoms with Gasteiger partial charge in [0.15, 0.2) is 11.5 Å². The third kappa shape index (κ3) is 3.73. The van der Waals surface area contributed by atoms with Crippen LogP contribution in [0.4, 0.5) is 4.79 Å². The fourth-order valence-electron chi connectivity index (χ4n) is 2.32. The van der Waals surface area contributed by atoms with Gasteiger partial charge in [0.2, 0.25) is 0 Å². The van der Waals surface area contributed by atoms with Crippen molar-refractivity contribution in [1.82, 2.24) is 15.2 Å². The molecule has 0 saturated carbocycles. The Balaban J connectivity index is 1.56. The van der Waals surface area contributed by atoms with E-state index in [-0.39, 0.29) is 6.03 Å². The summed E-state index contributed by atoms with van der Waals surface area (Å²) in [6.07, 6.45) is 0. The van der Waals surface area contributed by atoms with Crippen LogP contribution in [0, 0.1) is 6.92 Å². The van der Waals surface area contributed by atoms with Gasteiger partial charge in [-0.3, -0.25) is 0 Å². The van der Waals surface area contributed by atoms with E-state index in [9.17, 15) is 4.79 Å².